The molecule has 96 valence electrons. The van der Waals surface area contributed by atoms with E-state index in [4.69, 9.17) is 0 Å². The average Bonchev–Trinajstić information content (AvgIpc) is 2.73. The largest absolute Gasteiger partial charge is 0.375 e. The molecule has 0 atom stereocenters. The molecular formula is C11H16F2N2O2. The van der Waals surface area contributed by atoms with Gasteiger partial charge in [-0.2, -0.15) is 5.10 Å². The van der Waals surface area contributed by atoms with Crippen LogP contribution in [0.2, 0.25) is 0 Å². The fourth-order valence-electron chi connectivity index (χ4n) is 1.34. The minimum absolute atomic E-state index is 0.0160. The van der Waals surface area contributed by atoms with Crippen molar-refractivity contribution in [3.8, 4) is 0 Å². The van der Waals surface area contributed by atoms with E-state index in [9.17, 15) is 13.6 Å². The van der Waals surface area contributed by atoms with Crippen LogP contribution in [0.1, 0.15) is 30.1 Å². The molecule has 0 saturated carbocycles. The number of Topliss-reactive ketones (excluding diaryl/α,β-unsaturated/α-hetero) is 1. The lowest BCUT2D eigenvalue weighted by Gasteiger charge is -2.01. The number of aryl methyl sites for hydroxylation is 1. The van der Waals surface area contributed by atoms with E-state index < -0.39 is 13.0 Å². The number of nitrogens with zero attached hydrogens (tertiary/aromatic N) is 2. The number of aromatic nitrogens is 2. The SMILES string of the molecule is CCCn1cc(C(=O)CCOCC(F)F)cn1. The Hall–Kier alpha value is -1.30. The number of ether oxygens (including phenoxy) is 1. The minimum atomic E-state index is -2.49. The number of alkyl halides is 2. The van der Waals surface area contributed by atoms with Crippen LogP contribution in [0, 0.1) is 0 Å². The summed E-state index contributed by atoms with van der Waals surface area (Å²) in [6.07, 6.45) is 1.71. The van der Waals surface area contributed by atoms with Gasteiger partial charge < -0.3 is 4.74 Å². The molecule has 0 unspecified atom stereocenters. The fraction of sp³-hybridized carbons (Fsp3) is 0.636. The number of hydrogen-bond acceptors (Lipinski definition) is 3. The van der Waals surface area contributed by atoms with Crippen LogP contribution < -0.4 is 0 Å². The van der Waals surface area contributed by atoms with E-state index in [0.717, 1.165) is 13.0 Å². The maximum Gasteiger partial charge on any atom is 0.261 e. The van der Waals surface area contributed by atoms with Crippen molar-refractivity contribution >= 4 is 5.78 Å². The molecule has 1 heterocycles. The maximum absolute atomic E-state index is 11.7. The Morgan fingerprint density at radius 2 is 2.35 bits per heavy atom. The van der Waals surface area contributed by atoms with Crippen molar-refractivity contribution in [2.24, 2.45) is 0 Å². The highest BCUT2D eigenvalue weighted by Crippen LogP contribution is 2.04. The first-order valence-corrected chi connectivity index (χ1v) is 5.55. The Balaban J connectivity index is 2.31. The van der Waals surface area contributed by atoms with Gasteiger partial charge in [0.05, 0.1) is 18.4 Å². The van der Waals surface area contributed by atoms with Crippen LogP contribution >= 0.6 is 0 Å². The van der Waals surface area contributed by atoms with Gasteiger partial charge in [0, 0.05) is 19.2 Å². The third kappa shape index (κ3) is 5.04. The summed E-state index contributed by atoms with van der Waals surface area (Å²) in [6.45, 7) is 2.17. The zero-order chi connectivity index (χ0) is 12.7. The summed E-state index contributed by atoms with van der Waals surface area (Å²) in [5, 5.41) is 4.02. The van der Waals surface area contributed by atoms with Gasteiger partial charge in [0.1, 0.15) is 6.61 Å². The Bertz CT molecular complexity index is 353. The lowest BCUT2D eigenvalue weighted by Crippen LogP contribution is -2.09. The summed E-state index contributed by atoms with van der Waals surface area (Å²) in [5.41, 5.74) is 0.499. The standard InChI is InChI=1S/C11H16F2N2O2/c1-2-4-15-7-9(6-14-15)10(16)3-5-17-8-11(12)13/h6-7,11H,2-5,8H2,1H3. The summed E-state index contributed by atoms with van der Waals surface area (Å²) in [6, 6.07) is 0. The first kappa shape index (κ1) is 13.8. The van der Waals surface area contributed by atoms with Crippen molar-refractivity contribution in [2.45, 2.75) is 32.7 Å². The molecule has 0 aliphatic carbocycles. The topological polar surface area (TPSA) is 44.1 Å². The van der Waals surface area contributed by atoms with E-state index in [0.29, 0.717) is 5.56 Å². The number of hydrogen-bond donors (Lipinski definition) is 0. The van der Waals surface area contributed by atoms with Crippen molar-refractivity contribution in [1.29, 1.82) is 0 Å². The molecule has 1 aromatic rings. The Morgan fingerprint density at radius 1 is 1.59 bits per heavy atom. The zero-order valence-corrected chi connectivity index (χ0v) is 9.73. The Kier molecular flexibility index (Phi) is 5.76. The van der Waals surface area contributed by atoms with E-state index in [-0.39, 0.29) is 18.8 Å². The second-order valence-corrected chi connectivity index (χ2v) is 3.63. The van der Waals surface area contributed by atoms with Gasteiger partial charge in [0.2, 0.25) is 0 Å². The van der Waals surface area contributed by atoms with Crippen LogP contribution in [0.5, 0.6) is 0 Å². The highest BCUT2D eigenvalue weighted by molar-refractivity contribution is 5.95. The van der Waals surface area contributed by atoms with Crippen LogP contribution in [0.15, 0.2) is 12.4 Å². The van der Waals surface area contributed by atoms with Crippen LogP contribution in [-0.2, 0) is 11.3 Å². The predicted molar refractivity (Wildman–Crippen MR) is 58.3 cm³/mol. The molecule has 0 N–H and O–H groups in total. The summed E-state index contributed by atoms with van der Waals surface area (Å²) < 4.78 is 29.8. The number of halogens is 2. The van der Waals surface area contributed by atoms with Gasteiger partial charge in [-0.25, -0.2) is 8.78 Å². The van der Waals surface area contributed by atoms with Crippen molar-refractivity contribution in [3.05, 3.63) is 18.0 Å². The Labute approximate surface area is 98.6 Å². The van der Waals surface area contributed by atoms with Crippen molar-refractivity contribution in [3.63, 3.8) is 0 Å². The minimum Gasteiger partial charge on any atom is -0.375 e. The summed E-state index contributed by atoms with van der Waals surface area (Å²) in [7, 11) is 0. The molecule has 1 rings (SSSR count). The van der Waals surface area contributed by atoms with Gasteiger partial charge >= 0.3 is 0 Å². The monoisotopic (exact) mass is 246 g/mol. The molecule has 0 aliphatic heterocycles. The lowest BCUT2D eigenvalue weighted by molar-refractivity contribution is 0.0170. The van der Waals surface area contributed by atoms with Crippen molar-refractivity contribution in [1.82, 2.24) is 9.78 Å². The van der Waals surface area contributed by atoms with E-state index in [1.54, 1.807) is 10.9 Å². The third-order valence-electron chi connectivity index (χ3n) is 2.13. The first-order chi connectivity index (χ1) is 8.13. The van der Waals surface area contributed by atoms with Crippen LogP contribution in [0.25, 0.3) is 0 Å². The zero-order valence-electron chi connectivity index (χ0n) is 9.73. The van der Waals surface area contributed by atoms with Crippen LogP contribution in [-0.4, -0.2) is 35.2 Å². The quantitative estimate of drug-likeness (QED) is 0.521. The summed E-state index contributed by atoms with van der Waals surface area (Å²) in [4.78, 5) is 11.6. The molecule has 0 aromatic carbocycles. The van der Waals surface area contributed by atoms with Gasteiger partial charge in [-0.1, -0.05) is 6.92 Å². The number of ketones is 1. The number of carbonyl (C=O) groups excluding carboxylic acids is 1. The van der Waals surface area contributed by atoms with E-state index in [1.807, 2.05) is 6.92 Å². The molecule has 0 amide bonds. The highest BCUT2D eigenvalue weighted by Gasteiger charge is 2.09. The average molecular weight is 246 g/mol. The van der Waals surface area contributed by atoms with E-state index in [2.05, 4.69) is 9.84 Å². The second-order valence-electron chi connectivity index (χ2n) is 3.63. The van der Waals surface area contributed by atoms with Gasteiger partial charge in [-0.15, -0.1) is 0 Å². The van der Waals surface area contributed by atoms with Gasteiger partial charge in [-0.3, -0.25) is 9.48 Å². The van der Waals surface area contributed by atoms with Crippen LogP contribution in [0.3, 0.4) is 0 Å². The molecule has 4 nitrogen and oxygen atoms in total. The molecule has 0 fully saturated rings. The molecule has 6 heteroatoms. The normalized spacial score (nSPS) is 11.1. The van der Waals surface area contributed by atoms with Gasteiger partial charge in [0.15, 0.2) is 5.78 Å². The molecule has 0 saturated heterocycles. The van der Waals surface area contributed by atoms with E-state index >= 15 is 0 Å². The molecule has 0 aliphatic rings. The molecule has 0 spiro atoms. The Morgan fingerprint density at radius 3 is 3.00 bits per heavy atom. The molecule has 0 radical (unpaired) electrons. The fourth-order valence-corrected chi connectivity index (χ4v) is 1.34. The summed E-state index contributed by atoms with van der Waals surface area (Å²) >= 11 is 0. The molecule has 0 bridgehead atoms. The lowest BCUT2D eigenvalue weighted by atomic mass is 10.2. The number of rotatable bonds is 8. The van der Waals surface area contributed by atoms with Crippen molar-refractivity contribution in [2.75, 3.05) is 13.2 Å². The first-order valence-electron chi connectivity index (χ1n) is 5.55. The molecule has 17 heavy (non-hydrogen) atoms. The summed E-state index contributed by atoms with van der Waals surface area (Å²) in [5.74, 6) is -0.137. The molecular weight excluding hydrogens is 230 g/mol. The predicted octanol–water partition coefficient (Wildman–Crippen LogP) is 2.15. The smallest absolute Gasteiger partial charge is 0.261 e. The maximum atomic E-state index is 11.7. The van der Waals surface area contributed by atoms with Crippen LogP contribution in [0.4, 0.5) is 8.78 Å². The molecule has 1 aromatic heterocycles. The van der Waals surface area contributed by atoms with E-state index in [1.165, 1.54) is 6.20 Å². The second kappa shape index (κ2) is 7.11. The van der Waals surface area contributed by atoms with Gasteiger partial charge in [0.25, 0.3) is 6.43 Å². The highest BCUT2D eigenvalue weighted by atomic mass is 19.3. The number of carbonyl (C=O) groups is 1. The van der Waals surface area contributed by atoms with Gasteiger partial charge in [-0.05, 0) is 6.42 Å². The third-order valence-corrected chi connectivity index (χ3v) is 2.13. The van der Waals surface area contributed by atoms with Crippen molar-refractivity contribution < 1.29 is 18.3 Å².